The second-order valence-corrected chi connectivity index (χ2v) is 4.32. The lowest BCUT2D eigenvalue weighted by Gasteiger charge is -2.07. The van der Waals surface area contributed by atoms with Gasteiger partial charge in [0.05, 0.1) is 24.4 Å². The minimum Gasteiger partial charge on any atom is -0.497 e. The van der Waals surface area contributed by atoms with E-state index in [1.165, 1.54) is 0 Å². The van der Waals surface area contributed by atoms with Crippen molar-refractivity contribution < 1.29 is 4.74 Å². The quantitative estimate of drug-likeness (QED) is 0.813. The van der Waals surface area contributed by atoms with Crippen LogP contribution < -0.4 is 4.74 Å². The van der Waals surface area contributed by atoms with Gasteiger partial charge in [0.15, 0.2) is 0 Å². The molecule has 16 heavy (non-hydrogen) atoms. The Kier molecular flexibility index (Phi) is 3.51. The van der Waals surface area contributed by atoms with Crippen molar-refractivity contribution in [3.05, 3.63) is 40.6 Å². The summed E-state index contributed by atoms with van der Waals surface area (Å²) in [6.45, 7) is 0. The molecule has 0 radical (unpaired) electrons. The van der Waals surface area contributed by atoms with Gasteiger partial charge in [-0.05, 0) is 34.1 Å². The Morgan fingerprint density at radius 3 is 2.88 bits per heavy atom. The molecule has 0 N–H and O–H groups in total. The number of hydrogen-bond donors (Lipinski definition) is 0. The molecule has 0 bridgehead atoms. The Balaban J connectivity index is 2.45. The Morgan fingerprint density at radius 1 is 1.44 bits per heavy atom. The van der Waals surface area contributed by atoms with Gasteiger partial charge in [0.25, 0.3) is 0 Å². The topological polar surface area (TPSA) is 27.1 Å². The van der Waals surface area contributed by atoms with Crippen molar-refractivity contribution in [3.63, 3.8) is 0 Å². The molecule has 0 aliphatic rings. The first-order chi connectivity index (χ1) is 7.74. The summed E-state index contributed by atoms with van der Waals surface area (Å²) in [7, 11) is 1.64. The number of benzene rings is 1. The standard InChI is InChI=1S/C11H10BrClN2O/c1-16-9-2-3-10(12)11(6-9)15-5-4-8(7-13)14-15/h2-6H,7H2,1H3. The van der Waals surface area contributed by atoms with Crippen molar-refractivity contribution in [2.75, 3.05) is 7.11 Å². The molecule has 1 heterocycles. The monoisotopic (exact) mass is 300 g/mol. The average Bonchev–Trinajstić information content (AvgIpc) is 2.78. The number of aromatic nitrogens is 2. The summed E-state index contributed by atoms with van der Waals surface area (Å²) in [6, 6.07) is 7.61. The maximum Gasteiger partial charge on any atom is 0.121 e. The third-order valence-corrected chi connectivity index (χ3v) is 3.13. The maximum absolute atomic E-state index is 5.71. The number of rotatable bonds is 3. The van der Waals surface area contributed by atoms with Crippen LogP contribution in [0.4, 0.5) is 0 Å². The van der Waals surface area contributed by atoms with Gasteiger partial charge < -0.3 is 4.74 Å². The van der Waals surface area contributed by atoms with E-state index in [0.29, 0.717) is 5.88 Å². The summed E-state index contributed by atoms with van der Waals surface area (Å²) >= 11 is 9.19. The third-order valence-electron chi connectivity index (χ3n) is 2.18. The van der Waals surface area contributed by atoms with E-state index in [0.717, 1.165) is 21.6 Å². The van der Waals surface area contributed by atoms with E-state index in [4.69, 9.17) is 16.3 Å². The van der Waals surface area contributed by atoms with Crippen LogP contribution in [0, 0.1) is 0 Å². The van der Waals surface area contributed by atoms with Gasteiger partial charge in [0.2, 0.25) is 0 Å². The van der Waals surface area contributed by atoms with Crippen molar-refractivity contribution in [2.45, 2.75) is 5.88 Å². The number of halogens is 2. The Hall–Kier alpha value is -1.00. The molecule has 3 nitrogen and oxygen atoms in total. The summed E-state index contributed by atoms with van der Waals surface area (Å²) in [4.78, 5) is 0. The van der Waals surface area contributed by atoms with E-state index in [-0.39, 0.29) is 0 Å². The van der Waals surface area contributed by atoms with E-state index < -0.39 is 0 Å². The number of methoxy groups -OCH3 is 1. The van der Waals surface area contributed by atoms with Crippen molar-refractivity contribution in [1.82, 2.24) is 9.78 Å². The predicted octanol–water partition coefficient (Wildman–Crippen LogP) is 3.38. The van der Waals surface area contributed by atoms with Crippen LogP contribution in [0.2, 0.25) is 0 Å². The average molecular weight is 302 g/mol. The summed E-state index contributed by atoms with van der Waals surface area (Å²) in [5.41, 5.74) is 1.77. The first-order valence-electron chi connectivity index (χ1n) is 4.69. The fourth-order valence-corrected chi connectivity index (χ4v) is 1.93. The van der Waals surface area contributed by atoms with Crippen LogP contribution >= 0.6 is 27.5 Å². The molecule has 2 rings (SSSR count). The summed E-state index contributed by atoms with van der Waals surface area (Å²) in [5.74, 6) is 1.20. The van der Waals surface area contributed by atoms with Crippen LogP contribution in [-0.4, -0.2) is 16.9 Å². The van der Waals surface area contributed by atoms with Gasteiger partial charge in [-0.1, -0.05) is 0 Å². The molecule has 0 fully saturated rings. The maximum atomic E-state index is 5.71. The molecule has 1 aromatic heterocycles. The van der Waals surface area contributed by atoms with Crippen LogP contribution in [-0.2, 0) is 5.88 Å². The second kappa shape index (κ2) is 4.89. The largest absolute Gasteiger partial charge is 0.497 e. The molecule has 0 amide bonds. The van der Waals surface area contributed by atoms with Crippen molar-refractivity contribution >= 4 is 27.5 Å². The van der Waals surface area contributed by atoms with E-state index >= 15 is 0 Å². The second-order valence-electron chi connectivity index (χ2n) is 3.20. The molecular weight excluding hydrogens is 291 g/mol. The van der Waals surface area contributed by atoms with E-state index in [9.17, 15) is 0 Å². The first kappa shape index (κ1) is 11.5. The lowest BCUT2D eigenvalue weighted by Crippen LogP contribution is -1.97. The summed E-state index contributed by atoms with van der Waals surface area (Å²) < 4.78 is 7.90. The summed E-state index contributed by atoms with van der Waals surface area (Å²) in [5, 5.41) is 4.33. The molecule has 2 aromatic rings. The SMILES string of the molecule is COc1ccc(Br)c(-n2ccc(CCl)n2)c1. The zero-order valence-electron chi connectivity index (χ0n) is 8.65. The van der Waals surface area contributed by atoms with Crippen LogP contribution in [0.3, 0.4) is 0 Å². The highest BCUT2D eigenvalue weighted by Crippen LogP contribution is 2.25. The zero-order chi connectivity index (χ0) is 11.5. The minimum absolute atomic E-state index is 0.411. The van der Waals surface area contributed by atoms with Crippen LogP contribution in [0.15, 0.2) is 34.9 Å². The van der Waals surface area contributed by atoms with Gasteiger partial charge >= 0.3 is 0 Å². The first-order valence-corrected chi connectivity index (χ1v) is 6.02. The number of alkyl halides is 1. The van der Waals surface area contributed by atoms with Gasteiger partial charge in [-0.15, -0.1) is 11.6 Å². The molecule has 0 saturated heterocycles. The molecule has 0 aliphatic heterocycles. The number of hydrogen-bond acceptors (Lipinski definition) is 2. The smallest absolute Gasteiger partial charge is 0.121 e. The van der Waals surface area contributed by atoms with E-state index in [2.05, 4.69) is 21.0 Å². The van der Waals surface area contributed by atoms with Gasteiger partial charge in [-0.2, -0.15) is 5.10 Å². The Morgan fingerprint density at radius 2 is 2.25 bits per heavy atom. The summed E-state index contributed by atoms with van der Waals surface area (Å²) in [6.07, 6.45) is 1.87. The molecule has 0 atom stereocenters. The Bertz CT molecular complexity index is 498. The molecule has 5 heteroatoms. The molecule has 0 aliphatic carbocycles. The molecule has 0 spiro atoms. The molecule has 0 saturated carbocycles. The van der Waals surface area contributed by atoms with Crippen LogP contribution in [0.25, 0.3) is 5.69 Å². The van der Waals surface area contributed by atoms with Gasteiger partial charge in [-0.3, -0.25) is 0 Å². The van der Waals surface area contributed by atoms with Gasteiger partial charge in [0, 0.05) is 16.7 Å². The number of nitrogens with zero attached hydrogens (tertiary/aromatic N) is 2. The highest BCUT2D eigenvalue weighted by molar-refractivity contribution is 9.10. The fraction of sp³-hybridized carbons (Fsp3) is 0.182. The van der Waals surface area contributed by atoms with Crippen LogP contribution in [0.1, 0.15) is 5.69 Å². The van der Waals surface area contributed by atoms with Gasteiger partial charge in [0.1, 0.15) is 5.75 Å². The third kappa shape index (κ3) is 2.23. The van der Waals surface area contributed by atoms with Gasteiger partial charge in [-0.25, -0.2) is 4.68 Å². The molecule has 84 valence electrons. The lowest BCUT2D eigenvalue weighted by atomic mass is 10.3. The minimum atomic E-state index is 0.411. The number of ether oxygens (including phenoxy) is 1. The molecule has 1 aromatic carbocycles. The van der Waals surface area contributed by atoms with E-state index in [1.807, 2.05) is 30.5 Å². The Labute approximate surface area is 107 Å². The van der Waals surface area contributed by atoms with Crippen LogP contribution in [0.5, 0.6) is 5.75 Å². The highest BCUT2D eigenvalue weighted by Gasteiger charge is 2.06. The fourth-order valence-electron chi connectivity index (χ4n) is 1.36. The lowest BCUT2D eigenvalue weighted by molar-refractivity contribution is 0.414. The normalized spacial score (nSPS) is 10.4. The van der Waals surface area contributed by atoms with Crippen molar-refractivity contribution in [3.8, 4) is 11.4 Å². The zero-order valence-corrected chi connectivity index (χ0v) is 11.0. The predicted molar refractivity (Wildman–Crippen MR) is 67.4 cm³/mol. The van der Waals surface area contributed by atoms with E-state index in [1.54, 1.807) is 11.8 Å². The molecular formula is C11H10BrClN2O. The molecule has 0 unspecified atom stereocenters. The van der Waals surface area contributed by atoms with Crippen molar-refractivity contribution in [2.24, 2.45) is 0 Å². The highest BCUT2D eigenvalue weighted by atomic mass is 79.9. The van der Waals surface area contributed by atoms with Crippen molar-refractivity contribution in [1.29, 1.82) is 0 Å².